The summed E-state index contributed by atoms with van der Waals surface area (Å²) >= 11 is 0. The van der Waals surface area contributed by atoms with Crippen LogP contribution in [0.15, 0.2) is 18.2 Å². The molecular weight excluding hydrogens is 285 g/mol. The zero-order valence-electron chi connectivity index (χ0n) is 9.13. The molecule has 1 nitrogen and oxygen atoms in total. The molecular formula is C12H16IN. The standard InChI is InChI=1S/C12H16N.HI/c1-8-6-5-7-11-12(8)9(2)10(3)13(11)4;/h5-7,10H,1-4H3;1H/q+1;/p-1. The maximum Gasteiger partial charge on any atom is 0.207 e. The van der Waals surface area contributed by atoms with Gasteiger partial charge >= 0.3 is 0 Å². The second-order valence-corrected chi connectivity index (χ2v) is 3.94. The lowest BCUT2D eigenvalue weighted by molar-refractivity contribution is -0.00000290. The zero-order valence-corrected chi connectivity index (χ0v) is 11.3. The van der Waals surface area contributed by atoms with Gasteiger partial charge in [-0.05, 0) is 19.4 Å². The molecule has 0 radical (unpaired) electrons. The van der Waals surface area contributed by atoms with Crippen molar-refractivity contribution in [2.24, 2.45) is 0 Å². The molecule has 0 bridgehead atoms. The Morgan fingerprint density at radius 3 is 2.43 bits per heavy atom. The van der Waals surface area contributed by atoms with Crippen molar-refractivity contribution in [3.8, 4) is 0 Å². The molecule has 0 amide bonds. The number of benzene rings is 1. The van der Waals surface area contributed by atoms with Crippen LogP contribution in [-0.2, 0) is 0 Å². The minimum absolute atomic E-state index is 0. The molecule has 1 atom stereocenters. The molecule has 1 aliphatic heterocycles. The lowest BCUT2D eigenvalue weighted by Crippen LogP contribution is -3.00. The van der Waals surface area contributed by atoms with Gasteiger partial charge in [0.15, 0.2) is 6.04 Å². The highest BCUT2D eigenvalue weighted by molar-refractivity contribution is 5.52. The van der Waals surface area contributed by atoms with Crippen LogP contribution in [0, 0.1) is 6.92 Å². The summed E-state index contributed by atoms with van der Waals surface area (Å²) in [5.41, 5.74) is 2.89. The van der Waals surface area contributed by atoms with Gasteiger partial charge in [0.2, 0.25) is 5.36 Å². The normalized spacial score (nSPS) is 19.3. The first kappa shape index (κ1) is 11.7. The van der Waals surface area contributed by atoms with Crippen molar-refractivity contribution in [1.82, 2.24) is 4.58 Å². The topological polar surface area (TPSA) is 3.01 Å². The summed E-state index contributed by atoms with van der Waals surface area (Å²) in [6.45, 7) is 6.68. The first-order valence-electron chi connectivity index (χ1n) is 4.79. The number of nitrogens with zero attached hydrogens (tertiary/aromatic N) is 1. The summed E-state index contributed by atoms with van der Waals surface area (Å²) in [5, 5.41) is 2.84. The Morgan fingerprint density at radius 1 is 1.21 bits per heavy atom. The third-order valence-electron chi connectivity index (χ3n) is 3.23. The Hall–Kier alpha value is -0.380. The highest BCUT2D eigenvalue weighted by atomic mass is 127. The van der Waals surface area contributed by atoms with Crippen LogP contribution in [-0.4, -0.2) is 13.1 Å². The van der Waals surface area contributed by atoms with Crippen molar-refractivity contribution >= 4 is 5.57 Å². The van der Waals surface area contributed by atoms with Gasteiger partial charge in [-0.1, -0.05) is 12.1 Å². The smallest absolute Gasteiger partial charge is 0.207 e. The summed E-state index contributed by atoms with van der Waals surface area (Å²) in [5.74, 6) is 0. The van der Waals surface area contributed by atoms with Crippen LogP contribution < -0.4 is 39.1 Å². The monoisotopic (exact) mass is 301 g/mol. The Labute approximate surface area is 102 Å². The van der Waals surface area contributed by atoms with E-state index in [4.69, 9.17) is 0 Å². The number of hydrogen-bond acceptors (Lipinski definition) is 0. The summed E-state index contributed by atoms with van der Waals surface area (Å²) < 4.78 is 2.34. The Morgan fingerprint density at radius 2 is 1.86 bits per heavy atom. The molecule has 0 saturated heterocycles. The third kappa shape index (κ3) is 1.49. The first-order chi connectivity index (χ1) is 6.13. The molecule has 2 heteroatoms. The summed E-state index contributed by atoms with van der Waals surface area (Å²) in [6, 6.07) is 7.08. The number of halogens is 1. The van der Waals surface area contributed by atoms with Crippen molar-refractivity contribution in [3.05, 3.63) is 34.3 Å². The summed E-state index contributed by atoms with van der Waals surface area (Å²) in [6.07, 6.45) is 0. The number of hydrogen-bond donors (Lipinski definition) is 0. The fourth-order valence-corrected chi connectivity index (χ4v) is 2.17. The fraction of sp³-hybridized carbons (Fsp3) is 0.417. The van der Waals surface area contributed by atoms with Crippen LogP contribution >= 0.6 is 0 Å². The van der Waals surface area contributed by atoms with Crippen molar-refractivity contribution in [2.45, 2.75) is 26.8 Å². The molecule has 1 aliphatic rings. The van der Waals surface area contributed by atoms with E-state index < -0.39 is 0 Å². The van der Waals surface area contributed by atoms with E-state index >= 15 is 0 Å². The van der Waals surface area contributed by atoms with Gasteiger partial charge in [-0.2, -0.15) is 0 Å². The van der Waals surface area contributed by atoms with Crippen LogP contribution in [0.3, 0.4) is 0 Å². The molecule has 1 unspecified atom stereocenters. The van der Waals surface area contributed by atoms with E-state index in [-0.39, 0.29) is 24.0 Å². The molecule has 76 valence electrons. The molecule has 0 spiro atoms. The Kier molecular flexibility index (Phi) is 3.35. The van der Waals surface area contributed by atoms with Gasteiger partial charge in [-0.25, -0.2) is 4.58 Å². The van der Waals surface area contributed by atoms with Crippen LogP contribution in [0.25, 0.3) is 5.57 Å². The van der Waals surface area contributed by atoms with Gasteiger partial charge in [-0.15, -0.1) is 0 Å². The van der Waals surface area contributed by atoms with Gasteiger partial charge in [0.25, 0.3) is 0 Å². The van der Waals surface area contributed by atoms with Crippen molar-refractivity contribution < 1.29 is 24.0 Å². The molecule has 1 heterocycles. The maximum absolute atomic E-state index is 2.34. The third-order valence-corrected chi connectivity index (χ3v) is 3.23. The van der Waals surface area contributed by atoms with E-state index in [2.05, 4.69) is 50.6 Å². The second kappa shape index (κ2) is 4.01. The molecule has 1 aromatic rings. The molecule has 14 heavy (non-hydrogen) atoms. The summed E-state index contributed by atoms with van der Waals surface area (Å²) in [7, 11) is 2.17. The highest BCUT2D eigenvalue weighted by Gasteiger charge is 2.22. The van der Waals surface area contributed by atoms with Crippen LogP contribution in [0.2, 0.25) is 0 Å². The van der Waals surface area contributed by atoms with Gasteiger partial charge in [0, 0.05) is 18.6 Å². The van der Waals surface area contributed by atoms with Gasteiger partial charge < -0.3 is 24.0 Å². The van der Waals surface area contributed by atoms with E-state index in [1.165, 1.54) is 21.7 Å². The lowest BCUT2D eigenvalue weighted by Gasteiger charge is -2.00. The van der Waals surface area contributed by atoms with E-state index in [1.807, 2.05) is 0 Å². The second-order valence-electron chi connectivity index (χ2n) is 3.94. The SMILES string of the molecule is CC1=c2c(C)cccc2=[N+](C)C1C.[I-]. The predicted octanol–water partition coefficient (Wildman–Crippen LogP) is -2.31. The first-order valence-corrected chi connectivity index (χ1v) is 4.79. The molecule has 0 aliphatic carbocycles. The summed E-state index contributed by atoms with van der Waals surface area (Å²) in [4.78, 5) is 0. The van der Waals surface area contributed by atoms with Crippen LogP contribution in [0.5, 0.6) is 0 Å². The fourth-order valence-electron chi connectivity index (χ4n) is 2.17. The molecule has 0 saturated carbocycles. The number of fused-ring (bicyclic) bond motifs is 1. The minimum Gasteiger partial charge on any atom is -1.00 e. The average Bonchev–Trinajstić information content (AvgIpc) is 2.33. The molecule has 0 N–H and O–H groups in total. The van der Waals surface area contributed by atoms with E-state index in [9.17, 15) is 0 Å². The minimum atomic E-state index is 0. The van der Waals surface area contributed by atoms with Gasteiger partial charge in [-0.3, -0.25) is 0 Å². The number of rotatable bonds is 0. The van der Waals surface area contributed by atoms with Gasteiger partial charge in [0.05, 0.1) is 5.22 Å². The van der Waals surface area contributed by atoms with Gasteiger partial charge in [0.1, 0.15) is 7.05 Å². The van der Waals surface area contributed by atoms with Crippen LogP contribution in [0.4, 0.5) is 0 Å². The average molecular weight is 301 g/mol. The molecule has 0 aromatic heterocycles. The van der Waals surface area contributed by atoms with E-state index in [1.54, 1.807) is 0 Å². The zero-order chi connectivity index (χ0) is 9.59. The quantitative estimate of drug-likeness (QED) is 0.374. The van der Waals surface area contributed by atoms with Crippen LogP contribution in [0.1, 0.15) is 19.4 Å². The molecule has 0 fully saturated rings. The Balaban J connectivity index is 0.000000980. The van der Waals surface area contributed by atoms with E-state index in [0.717, 1.165) is 0 Å². The van der Waals surface area contributed by atoms with Crippen molar-refractivity contribution in [1.29, 1.82) is 0 Å². The maximum atomic E-state index is 2.34. The predicted molar refractivity (Wildman–Crippen MR) is 56.1 cm³/mol. The molecule has 2 rings (SSSR count). The van der Waals surface area contributed by atoms with E-state index in [0.29, 0.717) is 6.04 Å². The van der Waals surface area contributed by atoms with Crippen molar-refractivity contribution in [2.75, 3.05) is 7.05 Å². The van der Waals surface area contributed by atoms with Crippen molar-refractivity contribution in [3.63, 3.8) is 0 Å². The molecule has 1 aromatic carbocycles. The number of aryl methyl sites for hydroxylation is 1. The largest absolute Gasteiger partial charge is 1.00 e. The highest BCUT2D eigenvalue weighted by Crippen LogP contribution is 2.05. The lowest BCUT2D eigenvalue weighted by atomic mass is 10.1. The Bertz CT molecular complexity index is 474.